The molecule has 2 heterocycles. The van der Waals surface area contributed by atoms with Crippen LogP contribution in [0.3, 0.4) is 0 Å². The number of fused-ring (bicyclic) bond motifs is 1. The maximum Gasteiger partial charge on any atom is 0.224 e. The second kappa shape index (κ2) is 5.53. The molecule has 0 spiro atoms. The minimum atomic E-state index is 0.148. The summed E-state index contributed by atoms with van der Waals surface area (Å²) in [7, 11) is 0. The lowest BCUT2D eigenvalue weighted by atomic mass is 9.97. The first kappa shape index (κ1) is 14.7. The van der Waals surface area contributed by atoms with Crippen molar-refractivity contribution in [1.82, 2.24) is 15.0 Å². The molecule has 1 aromatic carbocycles. The monoisotopic (exact) mass is 357 g/mol. The molecule has 2 aromatic heterocycles. The lowest BCUT2D eigenvalue weighted by Crippen LogP contribution is -2.07. The van der Waals surface area contributed by atoms with Crippen LogP contribution in [0, 0.1) is 13.8 Å². The van der Waals surface area contributed by atoms with Gasteiger partial charge in [-0.05, 0) is 36.6 Å². The Morgan fingerprint density at radius 3 is 2.50 bits per heavy atom. The Morgan fingerprint density at radius 1 is 1.05 bits per heavy atom. The van der Waals surface area contributed by atoms with Crippen molar-refractivity contribution in [1.29, 1.82) is 0 Å². The molecule has 22 heavy (non-hydrogen) atoms. The Labute approximate surface area is 136 Å². The smallest absolute Gasteiger partial charge is 0.224 e. The molecule has 0 aliphatic carbocycles. The number of anilines is 2. The Kier molecular flexibility index (Phi) is 3.70. The van der Waals surface area contributed by atoms with Crippen LogP contribution in [0.2, 0.25) is 0 Å². The van der Waals surface area contributed by atoms with Crippen molar-refractivity contribution >= 4 is 38.7 Å². The van der Waals surface area contributed by atoms with E-state index in [0.29, 0.717) is 11.5 Å². The number of hydrogen-bond donors (Lipinski definition) is 2. The van der Waals surface area contributed by atoms with Gasteiger partial charge in [0, 0.05) is 16.6 Å². The predicted molar refractivity (Wildman–Crippen MR) is 92.6 cm³/mol. The fraction of sp³-hybridized carbons (Fsp3) is 0.188. The standard InChI is InChI=1S/C16H16BrN5/c1-8-11(7-10-5-3-4-6-12(10)17)9(2)20-15-13(8)14(18)21-16(19)22-15/h3-6H,7H2,1-2H3,(H4,18,19,20,21,22). The van der Waals surface area contributed by atoms with Gasteiger partial charge in [-0.25, -0.2) is 4.98 Å². The third kappa shape index (κ3) is 2.50. The molecule has 0 amide bonds. The number of nitrogen functional groups attached to an aromatic ring is 2. The molecular weight excluding hydrogens is 342 g/mol. The first-order valence-corrected chi connectivity index (χ1v) is 7.69. The van der Waals surface area contributed by atoms with E-state index in [1.165, 1.54) is 5.56 Å². The number of benzene rings is 1. The Morgan fingerprint density at radius 2 is 1.77 bits per heavy atom. The molecule has 0 unspecified atom stereocenters. The Bertz CT molecular complexity index is 876. The van der Waals surface area contributed by atoms with Gasteiger partial charge >= 0.3 is 0 Å². The van der Waals surface area contributed by atoms with E-state index in [9.17, 15) is 0 Å². The zero-order valence-corrected chi connectivity index (χ0v) is 14.0. The van der Waals surface area contributed by atoms with Crippen LogP contribution in [0.4, 0.5) is 11.8 Å². The minimum absolute atomic E-state index is 0.148. The molecule has 4 N–H and O–H groups in total. The number of halogens is 1. The van der Waals surface area contributed by atoms with Gasteiger partial charge in [0.25, 0.3) is 0 Å². The van der Waals surface area contributed by atoms with E-state index >= 15 is 0 Å². The van der Waals surface area contributed by atoms with Gasteiger partial charge in [0.05, 0.1) is 5.39 Å². The molecule has 0 bridgehead atoms. The molecule has 5 nitrogen and oxygen atoms in total. The summed E-state index contributed by atoms with van der Waals surface area (Å²) in [6.45, 7) is 4.01. The molecule has 3 rings (SSSR count). The maximum absolute atomic E-state index is 6.02. The molecule has 3 aromatic rings. The lowest BCUT2D eigenvalue weighted by Gasteiger charge is -2.14. The summed E-state index contributed by atoms with van der Waals surface area (Å²) in [6, 6.07) is 8.15. The third-order valence-corrected chi connectivity index (χ3v) is 4.57. The second-order valence-corrected chi connectivity index (χ2v) is 6.09. The van der Waals surface area contributed by atoms with Crippen molar-refractivity contribution in [2.75, 3.05) is 11.5 Å². The number of rotatable bonds is 2. The van der Waals surface area contributed by atoms with Crippen molar-refractivity contribution in [3.05, 3.63) is 51.1 Å². The van der Waals surface area contributed by atoms with Gasteiger partial charge in [0.1, 0.15) is 5.82 Å². The minimum Gasteiger partial charge on any atom is -0.383 e. The zero-order valence-electron chi connectivity index (χ0n) is 12.4. The summed E-state index contributed by atoms with van der Waals surface area (Å²) in [5, 5.41) is 0.779. The molecule has 112 valence electrons. The highest BCUT2D eigenvalue weighted by Crippen LogP contribution is 2.29. The van der Waals surface area contributed by atoms with Crippen LogP contribution in [0.5, 0.6) is 0 Å². The normalized spacial score (nSPS) is 11.0. The Hall–Kier alpha value is -2.21. The summed E-state index contributed by atoms with van der Waals surface area (Å²) in [5.41, 5.74) is 16.5. The molecular formula is C16H16BrN5. The first-order chi connectivity index (χ1) is 10.5. The summed E-state index contributed by atoms with van der Waals surface area (Å²) in [5.74, 6) is 0.524. The number of nitrogens with two attached hydrogens (primary N) is 2. The van der Waals surface area contributed by atoms with Crippen molar-refractivity contribution in [2.24, 2.45) is 0 Å². The van der Waals surface area contributed by atoms with E-state index in [0.717, 1.165) is 33.1 Å². The number of aromatic nitrogens is 3. The molecule has 0 aliphatic heterocycles. The van der Waals surface area contributed by atoms with E-state index in [2.05, 4.69) is 36.9 Å². The lowest BCUT2D eigenvalue weighted by molar-refractivity contribution is 1.05. The molecule has 0 radical (unpaired) electrons. The van der Waals surface area contributed by atoms with Crippen molar-refractivity contribution in [2.45, 2.75) is 20.3 Å². The predicted octanol–water partition coefficient (Wildman–Crippen LogP) is 3.16. The average Bonchev–Trinajstić information content (AvgIpc) is 2.44. The quantitative estimate of drug-likeness (QED) is 0.734. The second-order valence-electron chi connectivity index (χ2n) is 5.23. The first-order valence-electron chi connectivity index (χ1n) is 6.89. The van der Waals surface area contributed by atoms with Crippen molar-refractivity contribution in [3.63, 3.8) is 0 Å². The van der Waals surface area contributed by atoms with Gasteiger partial charge in [0.15, 0.2) is 5.65 Å². The van der Waals surface area contributed by atoms with Crippen LogP contribution >= 0.6 is 15.9 Å². The van der Waals surface area contributed by atoms with E-state index in [1.807, 2.05) is 32.0 Å². The zero-order chi connectivity index (χ0) is 15.9. The van der Waals surface area contributed by atoms with Gasteiger partial charge in [-0.3, -0.25) is 0 Å². The number of nitrogens with zero attached hydrogens (tertiary/aromatic N) is 3. The highest BCUT2D eigenvalue weighted by Gasteiger charge is 2.15. The summed E-state index contributed by atoms with van der Waals surface area (Å²) < 4.78 is 1.08. The van der Waals surface area contributed by atoms with E-state index in [1.54, 1.807) is 0 Å². The topological polar surface area (TPSA) is 90.7 Å². The fourth-order valence-corrected chi connectivity index (χ4v) is 3.09. The highest BCUT2D eigenvalue weighted by atomic mass is 79.9. The SMILES string of the molecule is Cc1nc2nc(N)nc(N)c2c(C)c1Cc1ccccc1Br. The molecule has 6 heteroatoms. The highest BCUT2D eigenvalue weighted by molar-refractivity contribution is 9.10. The van der Waals surface area contributed by atoms with Gasteiger partial charge in [-0.2, -0.15) is 9.97 Å². The van der Waals surface area contributed by atoms with Crippen molar-refractivity contribution in [3.8, 4) is 0 Å². The van der Waals surface area contributed by atoms with E-state index in [-0.39, 0.29) is 5.95 Å². The van der Waals surface area contributed by atoms with E-state index < -0.39 is 0 Å². The average molecular weight is 358 g/mol. The fourth-order valence-electron chi connectivity index (χ4n) is 2.67. The molecule has 0 atom stereocenters. The molecule has 0 saturated heterocycles. The van der Waals surface area contributed by atoms with Crippen LogP contribution in [-0.2, 0) is 6.42 Å². The van der Waals surface area contributed by atoms with Gasteiger partial charge in [-0.1, -0.05) is 34.1 Å². The van der Waals surface area contributed by atoms with E-state index in [4.69, 9.17) is 11.5 Å². The van der Waals surface area contributed by atoms with Crippen LogP contribution < -0.4 is 11.5 Å². The Balaban J connectivity index is 2.20. The van der Waals surface area contributed by atoms with Crippen LogP contribution in [-0.4, -0.2) is 15.0 Å². The third-order valence-electron chi connectivity index (χ3n) is 3.80. The summed E-state index contributed by atoms with van der Waals surface area (Å²) >= 11 is 3.59. The molecule has 0 saturated carbocycles. The summed E-state index contributed by atoms with van der Waals surface area (Å²) in [6.07, 6.45) is 0.770. The van der Waals surface area contributed by atoms with Gasteiger partial charge in [0.2, 0.25) is 5.95 Å². The summed E-state index contributed by atoms with van der Waals surface area (Å²) in [4.78, 5) is 12.8. The van der Waals surface area contributed by atoms with Gasteiger partial charge in [-0.15, -0.1) is 0 Å². The van der Waals surface area contributed by atoms with Gasteiger partial charge < -0.3 is 11.5 Å². The molecule has 0 fully saturated rings. The number of aryl methyl sites for hydroxylation is 2. The van der Waals surface area contributed by atoms with Crippen molar-refractivity contribution < 1.29 is 0 Å². The van der Waals surface area contributed by atoms with Crippen LogP contribution in [0.15, 0.2) is 28.7 Å². The number of pyridine rings is 1. The van der Waals surface area contributed by atoms with Crippen LogP contribution in [0.25, 0.3) is 11.0 Å². The molecule has 0 aliphatic rings. The maximum atomic E-state index is 6.02. The van der Waals surface area contributed by atoms with Crippen LogP contribution in [0.1, 0.15) is 22.4 Å². The largest absolute Gasteiger partial charge is 0.383 e. The number of hydrogen-bond acceptors (Lipinski definition) is 5.